The molecule has 0 atom stereocenters. The lowest BCUT2D eigenvalue weighted by molar-refractivity contribution is -0.0116. The van der Waals surface area contributed by atoms with E-state index in [-0.39, 0.29) is 0 Å². The molecule has 0 spiro atoms. The van der Waals surface area contributed by atoms with Crippen molar-refractivity contribution < 1.29 is 0 Å². The molecule has 3 nitrogen and oxygen atoms in total. The third-order valence-electron chi connectivity index (χ3n) is 6.69. The molecule has 5 aliphatic carbocycles. The Hall–Kier alpha value is -0.860. The lowest BCUT2D eigenvalue weighted by Crippen LogP contribution is -2.50. The first-order valence-electron chi connectivity index (χ1n) is 9.10. The smallest absolute Gasteiger partial charge is 0.139 e. The van der Waals surface area contributed by atoms with Gasteiger partial charge in [-0.3, -0.25) is 0 Å². The van der Waals surface area contributed by atoms with Crippen LogP contribution in [0.1, 0.15) is 88.8 Å². The van der Waals surface area contributed by atoms with E-state index in [1.807, 2.05) is 0 Å². The normalized spacial score (nSPS) is 41.2. The SMILES string of the molecule is CC(C)n1c(C2CC2)nnc1C12CC3CC(CC(C3)C1)C2. The maximum absolute atomic E-state index is 4.80. The van der Waals surface area contributed by atoms with Gasteiger partial charge in [0.25, 0.3) is 0 Å². The Labute approximate surface area is 127 Å². The van der Waals surface area contributed by atoms with Crippen LogP contribution in [0.5, 0.6) is 0 Å². The summed E-state index contributed by atoms with van der Waals surface area (Å²) in [5.41, 5.74) is 0.388. The number of nitrogens with zero attached hydrogens (tertiary/aromatic N) is 3. The molecular weight excluding hydrogens is 258 g/mol. The first-order valence-corrected chi connectivity index (χ1v) is 9.10. The van der Waals surface area contributed by atoms with Gasteiger partial charge in [-0.15, -0.1) is 10.2 Å². The Bertz CT molecular complexity index is 532. The average molecular weight is 285 g/mol. The fraction of sp³-hybridized carbons (Fsp3) is 0.889. The van der Waals surface area contributed by atoms with Gasteiger partial charge in [-0.1, -0.05) is 0 Å². The zero-order chi connectivity index (χ0) is 14.2. The number of aromatic nitrogens is 3. The molecule has 1 aromatic heterocycles. The largest absolute Gasteiger partial charge is 0.312 e. The van der Waals surface area contributed by atoms with Gasteiger partial charge in [0, 0.05) is 17.4 Å². The van der Waals surface area contributed by atoms with Crippen LogP contribution < -0.4 is 0 Å². The fourth-order valence-electron chi connectivity index (χ4n) is 6.18. The van der Waals surface area contributed by atoms with Crippen molar-refractivity contribution in [3.63, 3.8) is 0 Å². The third-order valence-corrected chi connectivity index (χ3v) is 6.69. The Morgan fingerprint density at radius 2 is 1.52 bits per heavy atom. The minimum absolute atomic E-state index is 0.388. The van der Waals surface area contributed by atoms with Crippen molar-refractivity contribution in [3.05, 3.63) is 11.6 Å². The quantitative estimate of drug-likeness (QED) is 0.833. The molecule has 5 aliphatic rings. The predicted octanol–water partition coefficient (Wildman–Crippen LogP) is 4.20. The molecule has 6 rings (SSSR count). The Kier molecular flexibility index (Phi) is 2.48. The van der Waals surface area contributed by atoms with Gasteiger partial charge >= 0.3 is 0 Å². The summed E-state index contributed by atoms with van der Waals surface area (Å²) in [4.78, 5) is 0. The van der Waals surface area contributed by atoms with Crippen LogP contribution in [0.3, 0.4) is 0 Å². The molecule has 0 aliphatic heterocycles. The van der Waals surface area contributed by atoms with Gasteiger partial charge < -0.3 is 4.57 Å². The highest BCUT2D eigenvalue weighted by Crippen LogP contribution is 2.60. The van der Waals surface area contributed by atoms with Crippen LogP contribution in [0.25, 0.3) is 0 Å². The van der Waals surface area contributed by atoms with Crippen molar-refractivity contribution in [3.8, 4) is 0 Å². The highest BCUT2D eigenvalue weighted by atomic mass is 15.3. The molecule has 0 saturated heterocycles. The maximum atomic E-state index is 4.80. The van der Waals surface area contributed by atoms with E-state index in [1.54, 1.807) is 0 Å². The van der Waals surface area contributed by atoms with E-state index in [0.717, 1.165) is 17.8 Å². The van der Waals surface area contributed by atoms with Crippen LogP contribution in [-0.4, -0.2) is 14.8 Å². The molecular formula is C18H27N3. The Morgan fingerprint density at radius 3 is 2.00 bits per heavy atom. The summed E-state index contributed by atoms with van der Waals surface area (Å²) in [5.74, 6) is 6.34. The zero-order valence-electron chi connectivity index (χ0n) is 13.4. The summed E-state index contributed by atoms with van der Waals surface area (Å²) in [7, 11) is 0. The van der Waals surface area contributed by atoms with Crippen molar-refractivity contribution >= 4 is 0 Å². The second-order valence-corrected chi connectivity index (χ2v) is 8.82. The monoisotopic (exact) mass is 285 g/mol. The van der Waals surface area contributed by atoms with Crippen LogP contribution in [0.15, 0.2) is 0 Å². The van der Waals surface area contributed by atoms with Crippen molar-refractivity contribution in [2.24, 2.45) is 17.8 Å². The van der Waals surface area contributed by atoms with Gasteiger partial charge in [-0.25, -0.2) is 0 Å². The lowest BCUT2D eigenvalue weighted by Gasteiger charge is -2.56. The molecule has 1 aromatic rings. The second-order valence-electron chi connectivity index (χ2n) is 8.82. The van der Waals surface area contributed by atoms with E-state index in [0.29, 0.717) is 17.4 Å². The van der Waals surface area contributed by atoms with Crippen molar-refractivity contribution in [2.75, 3.05) is 0 Å². The summed E-state index contributed by atoms with van der Waals surface area (Å²) < 4.78 is 2.55. The molecule has 0 radical (unpaired) electrons. The Balaban J connectivity index is 1.61. The van der Waals surface area contributed by atoms with Crippen molar-refractivity contribution in [1.29, 1.82) is 0 Å². The standard InChI is InChI=1S/C18H27N3/c1-11(2)21-16(15-3-4-15)19-20-17(21)18-8-12-5-13(9-18)7-14(6-12)10-18/h11-15H,3-10H2,1-2H3. The molecule has 0 unspecified atom stereocenters. The molecule has 0 aromatic carbocycles. The fourth-order valence-corrected chi connectivity index (χ4v) is 6.18. The first-order chi connectivity index (χ1) is 10.1. The van der Waals surface area contributed by atoms with Crippen LogP contribution in [-0.2, 0) is 5.41 Å². The molecule has 4 bridgehead atoms. The van der Waals surface area contributed by atoms with Crippen LogP contribution in [0.2, 0.25) is 0 Å². The van der Waals surface area contributed by atoms with Crippen LogP contribution in [0.4, 0.5) is 0 Å². The van der Waals surface area contributed by atoms with Gasteiger partial charge in [-0.05, 0) is 83.0 Å². The topological polar surface area (TPSA) is 30.7 Å². The Morgan fingerprint density at radius 1 is 0.952 bits per heavy atom. The van der Waals surface area contributed by atoms with E-state index in [2.05, 4.69) is 23.5 Å². The summed E-state index contributed by atoms with van der Waals surface area (Å²) in [6.07, 6.45) is 11.4. The summed E-state index contributed by atoms with van der Waals surface area (Å²) in [6, 6.07) is 0.513. The van der Waals surface area contributed by atoms with Crippen molar-refractivity contribution in [1.82, 2.24) is 14.8 Å². The van der Waals surface area contributed by atoms with Crippen LogP contribution in [0, 0.1) is 17.8 Å². The summed E-state index contributed by atoms with van der Waals surface area (Å²) in [5, 5.41) is 9.47. The minimum Gasteiger partial charge on any atom is -0.312 e. The molecule has 0 amide bonds. The number of rotatable bonds is 3. The average Bonchev–Trinajstić information content (AvgIpc) is 3.14. The molecule has 5 saturated carbocycles. The lowest BCUT2D eigenvalue weighted by atomic mass is 9.49. The highest BCUT2D eigenvalue weighted by molar-refractivity contribution is 5.21. The van der Waals surface area contributed by atoms with Crippen molar-refractivity contribution in [2.45, 2.75) is 82.6 Å². The van der Waals surface area contributed by atoms with Gasteiger partial charge in [0.05, 0.1) is 0 Å². The van der Waals surface area contributed by atoms with Gasteiger partial charge in [0.1, 0.15) is 11.6 Å². The number of hydrogen-bond acceptors (Lipinski definition) is 2. The molecule has 21 heavy (non-hydrogen) atoms. The molecule has 0 N–H and O–H groups in total. The van der Waals surface area contributed by atoms with Gasteiger partial charge in [-0.2, -0.15) is 0 Å². The van der Waals surface area contributed by atoms with E-state index in [9.17, 15) is 0 Å². The molecule has 3 heteroatoms. The first kappa shape index (κ1) is 12.7. The number of hydrogen-bond donors (Lipinski definition) is 0. The molecule has 5 fully saturated rings. The summed E-state index contributed by atoms with van der Waals surface area (Å²) in [6.45, 7) is 4.64. The van der Waals surface area contributed by atoms with Gasteiger partial charge in [0.15, 0.2) is 0 Å². The van der Waals surface area contributed by atoms with E-state index < -0.39 is 0 Å². The van der Waals surface area contributed by atoms with Gasteiger partial charge in [0.2, 0.25) is 0 Å². The molecule has 114 valence electrons. The minimum atomic E-state index is 0.388. The van der Waals surface area contributed by atoms with E-state index in [4.69, 9.17) is 5.10 Å². The zero-order valence-corrected chi connectivity index (χ0v) is 13.4. The maximum Gasteiger partial charge on any atom is 0.139 e. The van der Waals surface area contributed by atoms with E-state index >= 15 is 0 Å². The second kappa shape index (κ2) is 4.11. The highest BCUT2D eigenvalue weighted by Gasteiger charge is 2.54. The van der Waals surface area contributed by atoms with Crippen LogP contribution >= 0.6 is 0 Å². The third kappa shape index (κ3) is 1.78. The van der Waals surface area contributed by atoms with E-state index in [1.165, 1.54) is 63.0 Å². The summed E-state index contributed by atoms with van der Waals surface area (Å²) >= 11 is 0. The predicted molar refractivity (Wildman–Crippen MR) is 82.2 cm³/mol. The molecule has 1 heterocycles.